The molecule has 5 heteroatoms. The molecule has 0 spiro atoms. The van der Waals surface area contributed by atoms with Crippen molar-refractivity contribution in [1.29, 1.82) is 0 Å². The first-order valence-corrected chi connectivity index (χ1v) is 6.72. The van der Waals surface area contributed by atoms with Crippen LogP contribution in [0.25, 0.3) is 0 Å². The second-order valence-electron chi connectivity index (χ2n) is 5.33. The van der Waals surface area contributed by atoms with Crippen LogP contribution in [0.4, 0.5) is 0 Å². The molecule has 1 fully saturated rings. The van der Waals surface area contributed by atoms with Crippen molar-refractivity contribution in [1.82, 2.24) is 15.5 Å². The molecule has 2 N–H and O–H groups in total. The van der Waals surface area contributed by atoms with Crippen LogP contribution in [0.15, 0.2) is 0 Å². The Kier molecular flexibility index (Phi) is 5.59. The van der Waals surface area contributed by atoms with E-state index in [0.717, 1.165) is 25.9 Å². The quantitative estimate of drug-likeness (QED) is 0.769. The molecule has 1 heterocycles. The third-order valence-electron chi connectivity index (χ3n) is 3.25. The van der Waals surface area contributed by atoms with Crippen molar-refractivity contribution < 1.29 is 9.59 Å². The number of rotatable bonds is 4. The largest absolute Gasteiger partial charge is 0.353 e. The van der Waals surface area contributed by atoms with Crippen LogP contribution < -0.4 is 10.6 Å². The number of hydrogen-bond acceptors (Lipinski definition) is 3. The summed E-state index contributed by atoms with van der Waals surface area (Å²) in [5.74, 6) is 0.179. The molecule has 1 atom stereocenters. The van der Waals surface area contributed by atoms with Crippen molar-refractivity contribution in [3.05, 3.63) is 0 Å². The summed E-state index contributed by atoms with van der Waals surface area (Å²) < 4.78 is 0. The zero-order valence-corrected chi connectivity index (χ0v) is 11.8. The maximum absolute atomic E-state index is 11.8. The molecule has 1 aliphatic heterocycles. The van der Waals surface area contributed by atoms with E-state index in [-0.39, 0.29) is 23.9 Å². The highest BCUT2D eigenvalue weighted by molar-refractivity contribution is 5.81. The van der Waals surface area contributed by atoms with E-state index in [4.69, 9.17) is 0 Å². The van der Waals surface area contributed by atoms with Crippen LogP contribution in [0.5, 0.6) is 0 Å². The van der Waals surface area contributed by atoms with Crippen LogP contribution in [0.1, 0.15) is 40.5 Å². The molecule has 0 bridgehead atoms. The van der Waals surface area contributed by atoms with Crippen molar-refractivity contribution in [3.8, 4) is 0 Å². The summed E-state index contributed by atoms with van der Waals surface area (Å²) in [5, 5.41) is 6.23. The molecule has 1 aliphatic rings. The van der Waals surface area contributed by atoms with Gasteiger partial charge in [0.25, 0.3) is 0 Å². The predicted molar refractivity (Wildman–Crippen MR) is 71.2 cm³/mol. The summed E-state index contributed by atoms with van der Waals surface area (Å²) in [6.45, 7) is 8.96. The van der Waals surface area contributed by atoms with Crippen LogP contribution in [0.3, 0.4) is 0 Å². The predicted octanol–water partition coefficient (Wildman–Crippen LogP) is 0.500. The fraction of sp³-hybridized carbons (Fsp3) is 0.846. The summed E-state index contributed by atoms with van der Waals surface area (Å²) in [6, 6.07) is 0.316. The molecule has 5 nitrogen and oxygen atoms in total. The van der Waals surface area contributed by atoms with E-state index in [0.29, 0.717) is 6.04 Å². The number of hydrogen-bond donors (Lipinski definition) is 2. The number of carbonyl (C=O) groups is 2. The smallest absolute Gasteiger partial charge is 0.237 e. The topological polar surface area (TPSA) is 61.4 Å². The van der Waals surface area contributed by atoms with Crippen LogP contribution in [-0.2, 0) is 9.59 Å². The SMILES string of the molecule is CC(=O)N1CCC(NC(C)C(=O)NC(C)C)CC1. The molecule has 0 aromatic heterocycles. The molecule has 0 aromatic carbocycles. The highest BCUT2D eigenvalue weighted by Gasteiger charge is 2.23. The monoisotopic (exact) mass is 255 g/mol. The van der Waals surface area contributed by atoms with Gasteiger partial charge in [-0.25, -0.2) is 0 Å². The van der Waals surface area contributed by atoms with Gasteiger partial charge in [0.05, 0.1) is 6.04 Å². The third-order valence-corrected chi connectivity index (χ3v) is 3.25. The Morgan fingerprint density at radius 1 is 1.17 bits per heavy atom. The standard InChI is InChI=1S/C13H25N3O2/c1-9(2)14-13(18)10(3)15-12-5-7-16(8-6-12)11(4)17/h9-10,12,15H,5-8H2,1-4H3,(H,14,18). The number of nitrogens with one attached hydrogen (secondary N) is 2. The maximum atomic E-state index is 11.8. The van der Waals surface area contributed by atoms with Gasteiger partial charge in [-0.05, 0) is 33.6 Å². The van der Waals surface area contributed by atoms with Gasteiger partial charge in [-0.3, -0.25) is 9.59 Å². The lowest BCUT2D eigenvalue weighted by Crippen LogP contribution is -2.51. The fourth-order valence-electron chi connectivity index (χ4n) is 2.20. The number of likely N-dealkylation sites (tertiary alicyclic amines) is 1. The Labute approximate surface area is 109 Å². The van der Waals surface area contributed by atoms with E-state index in [1.54, 1.807) is 6.92 Å². The van der Waals surface area contributed by atoms with E-state index < -0.39 is 0 Å². The molecule has 1 saturated heterocycles. The second kappa shape index (κ2) is 6.73. The molecule has 2 amide bonds. The molecular weight excluding hydrogens is 230 g/mol. The minimum atomic E-state index is -0.179. The minimum Gasteiger partial charge on any atom is -0.353 e. The van der Waals surface area contributed by atoms with Gasteiger partial charge in [0.15, 0.2) is 0 Å². The van der Waals surface area contributed by atoms with Crippen molar-refractivity contribution in [2.24, 2.45) is 0 Å². The minimum absolute atomic E-state index is 0.0407. The number of amides is 2. The van der Waals surface area contributed by atoms with Crippen molar-refractivity contribution in [2.75, 3.05) is 13.1 Å². The first-order chi connectivity index (χ1) is 8.40. The summed E-state index contributed by atoms with van der Waals surface area (Å²) >= 11 is 0. The van der Waals surface area contributed by atoms with Gasteiger partial charge in [-0.15, -0.1) is 0 Å². The lowest BCUT2D eigenvalue weighted by Gasteiger charge is -2.33. The molecule has 0 saturated carbocycles. The molecule has 1 rings (SSSR count). The number of nitrogens with zero attached hydrogens (tertiary/aromatic N) is 1. The Balaban J connectivity index is 2.32. The Morgan fingerprint density at radius 3 is 2.17 bits per heavy atom. The Morgan fingerprint density at radius 2 is 1.72 bits per heavy atom. The lowest BCUT2D eigenvalue weighted by molar-refractivity contribution is -0.130. The highest BCUT2D eigenvalue weighted by atomic mass is 16.2. The van der Waals surface area contributed by atoms with E-state index in [1.807, 2.05) is 25.7 Å². The van der Waals surface area contributed by atoms with E-state index in [1.165, 1.54) is 0 Å². The molecule has 104 valence electrons. The summed E-state index contributed by atoms with van der Waals surface area (Å²) in [7, 11) is 0. The van der Waals surface area contributed by atoms with Crippen LogP contribution in [0, 0.1) is 0 Å². The van der Waals surface area contributed by atoms with Crippen molar-refractivity contribution >= 4 is 11.8 Å². The lowest BCUT2D eigenvalue weighted by atomic mass is 10.0. The van der Waals surface area contributed by atoms with Gasteiger partial charge < -0.3 is 15.5 Å². The zero-order valence-electron chi connectivity index (χ0n) is 11.8. The number of piperidine rings is 1. The summed E-state index contributed by atoms with van der Waals surface area (Å²) in [4.78, 5) is 24.8. The zero-order chi connectivity index (χ0) is 13.7. The van der Waals surface area contributed by atoms with E-state index in [9.17, 15) is 9.59 Å². The first kappa shape index (κ1) is 15.0. The van der Waals surface area contributed by atoms with Crippen LogP contribution >= 0.6 is 0 Å². The fourth-order valence-corrected chi connectivity index (χ4v) is 2.20. The molecule has 18 heavy (non-hydrogen) atoms. The molecule has 0 radical (unpaired) electrons. The summed E-state index contributed by atoms with van der Waals surface area (Å²) in [6.07, 6.45) is 1.83. The van der Waals surface area contributed by atoms with Gasteiger partial charge in [0.1, 0.15) is 0 Å². The van der Waals surface area contributed by atoms with Crippen molar-refractivity contribution in [2.45, 2.75) is 58.7 Å². The van der Waals surface area contributed by atoms with Gasteiger partial charge in [-0.2, -0.15) is 0 Å². The van der Waals surface area contributed by atoms with Gasteiger partial charge in [-0.1, -0.05) is 0 Å². The average Bonchev–Trinajstić information content (AvgIpc) is 2.28. The summed E-state index contributed by atoms with van der Waals surface area (Å²) in [5.41, 5.74) is 0. The normalized spacial score (nSPS) is 18.8. The molecule has 0 aromatic rings. The molecule has 0 aliphatic carbocycles. The van der Waals surface area contributed by atoms with Gasteiger partial charge in [0.2, 0.25) is 11.8 Å². The molecule has 1 unspecified atom stereocenters. The van der Waals surface area contributed by atoms with Gasteiger partial charge in [0, 0.05) is 32.1 Å². The highest BCUT2D eigenvalue weighted by Crippen LogP contribution is 2.11. The van der Waals surface area contributed by atoms with Crippen molar-refractivity contribution in [3.63, 3.8) is 0 Å². The van der Waals surface area contributed by atoms with E-state index >= 15 is 0 Å². The third kappa shape index (κ3) is 4.64. The number of carbonyl (C=O) groups excluding carboxylic acids is 2. The second-order valence-corrected chi connectivity index (χ2v) is 5.33. The molecular formula is C13H25N3O2. The average molecular weight is 255 g/mol. The van der Waals surface area contributed by atoms with Crippen LogP contribution in [-0.4, -0.2) is 47.9 Å². The maximum Gasteiger partial charge on any atom is 0.237 e. The Bertz CT molecular complexity index is 297. The van der Waals surface area contributed by atoms with E-state index in [2.05, 4.69) is 10.6 Å². The first-order valence-electron chi connectivity index (χ1n) is 6.72. The van der Waals surface area contributed by atoms with Crippen LogP contribution in [0.2, 0.25) is 0 Å². The Hall–Kier alpha value is -1.10. The van der Waals surface area contributed by atoms with Gasteiger partial charge >= 0.3 is 0 Å².